The summed E-state index contributed by atoms with van der Waals surface area (Å²) in [5, 5.41) is 15.4. The number of nitrogens with zero attached hydrogens (tertiary/aromatic N) is 3. The molecule has 0 radical (unpaired) electrons. The molecule has 1 aromatic heterocycles. The van der Waals surface area contributed by atoms with Gasteiger partial charge >= 0.3 is 0 Å². The van der Waals surface area contributed by atoms with Crippen molar-refractivity contribution in [1.29, 1.82) is 0 Å². The van der Waals surface area contributed by atoms with Gasteiger partial charge in [0.1, 0.15) is 5.70 Å². The van der Waals surface area contributed by atoms with Crippen molar-refractivity contribution in [1.82, 2.24) is 25.5 Å². The van der Waals surface area contributed by atoms with Crippen molar-refractivity contribution in [3.05, 3.63) is 41.2 Å². The summed E-state index contributed by atoms with van der Waals surface area (Å²) in [4.78, 5) is 27.4. The first kappa shape index (κ1) is 18.1. The number of hydrogen-bond donors (Lipinski definition) is 2. The molecule has 7 heteroatoms. The van der Waals surface area contributed by atoms with Crippen molar-refractivity contribution in [2.24, 2.45) is 11.3 Å². The van der Waals surface area contributed by atoms with Crippen molar-refractivity contribution in [3.8, 4) is 0 Å². The molecule has 4 fully saturated rings. The highest BCUT2D eigenvalue weighted by Gasteiger charge is 2.64. The van der Waals surface area contributed by atoms with E-state index >= 15 is 0 Å². The number of aromatic nitrogens is 2. The van der Waals surface area contributed by atoms with Gasteiger partial charge in [-0.1, -0.05) is 0 Å². The molecule has 4 aliphatic carbocycles. The first-order chi connectivity index (χ1) is 15.1. The molecule has 160 valence electrons. The SMILES string of the molecule is O=C1CC2(CCNCC2)CC2=C1N(C(=O)c1ccc3[nH]ncc3c1)N(C13CC(C1)C3)C2. The Labute approximate surface area is 180 Å². The third-order valence-corrected chi connectivity index (χ3v) is 8.61. The number of benzene rings is 1. The lowest BCUT2D eigenvalue weighted by Crippen LogP contribution is -2.71. The summed E-state index contributed by atoms with van der Waals surface area (Å²) in [6, 6.07) is 5.64. The van der Waals surface area contributed by atoms with E-state index in [2.05, 4.69) is 20.5 Å². The number of hydrogen-bond acceptors (Lipinski definition) is 5. The molecule has 7 nitrogen and oxygen atoms in total. The third kappa shape index (κ3) is 2.44. The number of Topliss-reactive ketones (excluding diaryl/α,β-unsaturated/α-hetero) is 1. The van der Waals surface area contributed by atoms with Crippen LogP contribution in [0.1, 0.15) is 55.3 Å². The smallest absolute Gasteiger partial charge is 0.273 e. The molecule has 3 saturated carbocycles. The second-order valence-electron chi connectivity index (χ2n) is 10.5. The van der Waals surface area contributed by atoms with Gasteiger partial charge in [0.2, 0.25) is 0 Å². The van der Waals surface area contributed by atoms with Gasteiger partial charge in [0.05, 0.1) is 11.7 Å². The van der Waals surface area contributed by atoms with Gasteiger partial charge < -0.3 is 5.32 Å². The van der Waals surface area contributed by atoms with Gasteiger partial charge in [-0.25, -0.2) is 10.0 Å². The topological polar surface area (TPSA) is 81.3 Å². The standard InChI is InChI=1S/C24H27N5O2/c30-20-12-23(3-5-25-6-4-23)11-18-14-28(24-8-15(9-24)10-24)29(21(18)20)22(31)16-1-2-19-17(7-16)13-26-27-19/h1-2,7,13,15,25H,3-6,8-12,14H2,(H,26,27). The van der Waals surface area contributed by atoms with Crippen molar-refractivity contribution in [2.75, 3.05) is 19.6 Å². The number of carbonyl (C=O) groups excluding carboxylic acids is 2. The molecule has 1 saturated heterocycles. The highest BCUT2D eigenvalue weighted by Crippen LogP contribution is 2.63. The zero-order valence-corrected chi connectivity index (χ0v) is 17.6. The van der Waals surface area contributed by atoms with E-state index in [1.54, 1.807) is 11.2 Å². The van der Waals surface area contributed by atoms with Gasteiger partial charge in [0.15, 0.2) is 5.78 Å². The first-order valence-corrected chi connectivity index (χ1v) is 11.6. The van der Waals surface area contributed by atoms with Crippen molar-refractivity contribution >= 4 is 22.6 Å². The average Bonchev–Trinajstić information content (AvgIpc) is 3.29. The van der Waals surface area contributed by atoms with E-state index < -0.39 is 0 Å². The lowest BCUT2D eigenvalue weighted by Gasteiger charge is -2.66. The molecule has 0 unspecified atom stereocenters. The second kappa shape index (κ2) is 6.04. The maximum Gasteiger partial charge on any atom is 0.273 e. The summed E-state index contributed by atoms with van der Waals surface area (Å²) in [6.45, 7) is 2.71. The van der Waals surface area contributed by atoms with Gasteiger partial charge in [-0.2, -0.15) is 5.10 Å². The molecule has 31 heavy (non-hydrogen) atoms. The van der Waals surface area contributed by atoms with Crippen LogP contribution in [-0.2, 0) is 4.79 Å². The van der Waals surface area contributed by atoms with Crippen LogP contribution in [0.25, 0.3) is 10.9 Å². The Balaban J connectivity index is 1.29. The van der Waals surface area contributed by atoms with Crippen LogP contribution in [0.15, 0.2) is 35.7 Å². The Kier molecular flexibility index (Phi) is 3.53. The largest absolute Gasteiger partial charge is 0.317 e. The summed E-state index contributed by atoms with van der Waals surface area (Å²) in [5.41, 5.74) is 3.58. The number of hydrazine groups is 1. The van der Waals surface area contributed by atoms with E-state index in [1.807, 2.05) is 18.2 Å². The molecule has 1 amide bonds. The quantitative estimate of drug-likeness (QED) is 0.785. The predicted molar refractivity (Wildman–Crippen MR) is 115 cm³/mol. The Bertz CT molecular complexity index is 1140. The van der Waals surface area contributed by atoms with Crippen LogP contribution in [0.2, 0.25) is 0 Å². The molecular formula is C24H27N5O2. The molecule has 2 aromatic rings. The summed E-state index contributed by atoms with van der Waals surface area (Å²) in [7, 11) is 0. The van der Waals surface area contributed by atoms with Gasteiger partial charge in [-0.3, -0.25) is 14.7 Å². The monoisotopic (exact) mass is 417 g/mol. The number of amides is 1. The number of piperidine rings is 1. The molecule has 0 atom stereocenters. The highest BCUT2D eigenvalue weighted by molar-refractivity contribution is 6.06. The number of ketones is 1. The van der Waals surface area contributed by atoms with E-state index in [0.29, 0.717) is 17.7 Å². The fourth-order valence-corrected chi connectivity index (χ4v) is 6.84. The van der Waals surface area contributed by atoms with E-state index in [9.17, 15) is 9.59 Å². The molecular weight excluding hydrogens is 390 g/mol. The fraction of sp³-hybridized carbons (Fsp3) is 0.542. The minimum atomic E-state index is -0.0764. The van der Waals surface area contributed by atoms with Crippen LogP contribution in [0, 0.1) is 11.3 Å². The molecule has 8 rings (SSSR count). The lowest BCUT2D eigenvalue weighted by molar-refractivity contribution is -0.195. The Hall–Kier alpha value is -2.51. The second-order valence-corrected chi connectivity index (χ2v) is 10.5. The number of rotatable bonds is 2. The number of H-pyrrole nitrogens is 1. The van der Waals surface area contributed by atoms with Crippen LogP contribution < -0.4 is 5.32 Å². The summed E-state index contributed by atoms with van der Waals surface area (Å²) >= 11 is 0. The third-order valence-electron chi connectivity index (χ3n) is 8.61. The first-order valence-electron chi connectivity index (χ1n) is 11.6. The number of aromatic amines is 1. The molecule has 2 N–H and O–H groups in total. The summed E-state index contributed by atoms with van der Waals surface area (Å²) < 4.78 is 0. The van der Waals surface area contributed by atoms with E-state index in [0.717, 1.165) is 75.0 Å². The predicted octanol–water partition coefficient (Wildman–Crippen LogP) is 2.78. The Morgan fingerprint density at radius 3 is 2.68 bits per heavy atom. The Morgan fingerprint density at radius 1 is 1.13 bits per heavy atom. The van der Waals surface area contributed by atoms with Crippen LogP contribution in [0.5, 0.6) is 0 Å². The van der Waals surface area contributed by atoms with E-state index in [4.69, 9.17) is 0 Å². The maximum atomic E-state index is 13.9. The van der Waals surface area contributed by atoms with Crippen LogP contribution in [0.4, 0.5) is 0 Å². The van der Waals surface area contributed by atoms with E-state index in [-0.39, 0.29) is 22.6 Å². The summed E-state index contributed by atoms with van der Waals surface area (Å²) in [5.74, 6) is 0.894. The van der Waals surface area contributed by atoms with Gasteiger partial charge in [-0.05, 0) is 86.7 Å². The zero-order valence-electron chi connectivity index (χ0n) is 17.6. The molecule has 2 aliphatic heterocycles. The lowest BCUT2D eigenvalue weighted by atomic mass is 9.49. The van der Waals surface area contributed by atoms with Crippen molar-refractivity contribution in [2.45, 2.75) is 50.5 Å². The fourth-order valence-electron chi connectivity index (χ4n) is 6.84. The highest BCUT2D eigenvalue weighted by atomic mass is 16.2. The van der Waals surface area contributed by atoms with Crippen LogP contribution in [0.3, 0.4) is 0 Å². The van der Waals surface area contributed by atoms with E-state index in [1.165, 1.54) is 5.57 Å². The normalized spacial score (nSPS) is 31.7. The number of carbonyl (C=O) groups is 2. The van der Waals surface area contributed by atoms with Crippen molar-refractivity contribution in [3.63, 3.8) is 0 Å². The number of fused-ring (bicyclic) bond motifs is 1. The molecule has 1 spiro atoms. The van der Waals surface area contributed by atoms with Crippen LogP contribution in [-0.4, -0.2) is 57.1 Å². The van der Waals surface area contributed by atoms with Crippen molar-refractivity contribution < 1.29 is 9.59 Å². The number of nitrogens with one attached hydrogen (secondary N) is 2. The minimum Gasteiger partial charge on any atom is -0.317 e. The molecule has 1 aromatic carbocycles. The average molecular weight is 418 g/mol. The maximum absolute atomic E-state index is 13.9. The zero-order chi connectivity index (χ0) is 20.8. The van der Waals surface area contributed by atoms with Gasteiger partial charge in [-0.15, -0.1) is 0 Å². The van der Waals surface area contributed by atoms with Crippen LogP contribution >= 0.6 is 0 Å². The molecule has 3 heterocycles. The molecule has 6 aliphatic rings. The van der Waals surface area contributed by atoms with Gasteiger partial charge in [0, 0.05) is 29.5 Å². The Morgan fingerprint density at radius 2 is 1.94 bits per heavy atom. The summed E-state index contributed by atoms with van der Waals surface area (Å²) in [6.07, 6.45) is 8.83. The minimum absolute atomic E-state index is 0.0764. The molecule has 2 bridgehead atoms. The number of allylic oxidation sites excluding steroid dienone is 1. The van der Waals surface area contributed by atoms with Gasteiger partial charge in [0.25, 0.3) is 5.91 Å².